The van der Waals surface area contributed by atoms with E-state index in [1.54, 1.807) is 0 Å². The molecule has 0 aromatic heterocycles. The normalized spacial score (nSPS) is 12.9. The molecule has 1 heterocycles. The number of nitrogens with one attached hydrogen (secondary N) is 3. The van der Waals surface area contributed by atoms with Crippen molar-refractivity contribution in [3.05, 3.63) is 59.4 Å². The summed E-state index contributed by atoms with van der Waals surface area (Å²) in [4.78, 5) is 26.1. The smallest absolute Gasteiger partial charge is 0.319 e. The molecule has 0 aliphatic carbocycles. The maximum atomic E-state index is 13.7. The van der Waals surface area contributed by atoms with Crippen LogP contribution >= 0.6 is 0 Å². The molecule has 1 aliphatic heterocycles. The summed E-state index contributed by atoms with van der Waals surface area (Å²) in [6, 6.07) is 12.0. The molecule has 0 spiro atoms. The average Bonchev–Trinajstić information content (AvgIpc) is 2.72. The van der Waals surface area contributed by atoms with Crippen molar-refractivity contribution in [2.45, 2.75) is 19.3 Å². The van der Waals surface area contributed by atoms with Gasteiger partial charge < -0.3 is 20.9 Å². The van der Waals surface area contributed by atoms with E-state index in [4.69, 9.17) is 0 Å². The lowest BCUT2D eigenvalue weighted by molar-refractivity contribution is 0.0959. The van der Waals surface area contributed by atoms with Gasteiger partial charge in [-0.3, -0.25) is 4.79 Å². The van der Waals surface area contributed by atoms with Crippen LogP contribution in [0.5, 0.6) is 0 Å². The Morgan fingerprint density at radius 2 is 2.00 bits per heavy atom. The maximum absolute atomic E-state index is 13.7. The van der Waals surface area contributed by atoms with E-state index >= 15 is 0 Å². The van der Waals surface area contributed by atoms with Crippen LogP contribution in [-0.2, 0) is 6.42 Å². The number of aryl methyl sites for hydroxylation is 1. The first-order chi connectivity index (χ1) is 13.6. The van der Waals surface area contributed by atoms with Gasteiger partial charge in [0.25, 0.3) is 5.91 Å². The summed E-state index contributed by atoms with van der Waals surface area (Å²) in [5.41, 5.74) is 2.92. The van der Waals surface area contributed by atoms with Gasteiger partial charge in [0.2, 0.25) is 0 Å². The average molecular weight is 384 g/mol. The Hall–Kier alpha value is -3.09. The van der Waals surface area contributed by atoms with Crippen molar-refractivity contribution in [1.29, 1.82) is 0 Å². The van der Waals surface area contributed by atoms with Crippen LogP contribution in [0.4, 0.5) is 20.6 Å². The molecule has 6 nitrogen and oxygen atoms in total. The van der Waals surface area contributed by atoms with Crippen LogP contribution in [0.25, 0.3) is 0 Å². The van der Waals surface area contributed by atoms with Gasteiger partial charge in [-0.2, -0.15) is 0 Å². The third kappa shape index (κ3) is 4.79. The molecule has 148 valence electrons. The van der Waals surface area contributed by atoms with Crippen molar-refractivity contribution in [1.82, 2.24) is 10.6 Å². The summed E-state index contributed by atoms with van der Waals surface area (Å²) in [7, 11) is 1.43. The van der Waals surface area contributed by atoms with E-state index in [2.05, 4.69) is 45.1 Å². The number of hydrogen-bond donors (Lipinski definition) is 3. The number of para-hydroxylation sites is 1. The van der Waals surface area contributed by atoms with Crippen LogP contribution in [0, 0.1) is 5.82 Å². The van der Waals surface area contributed by atoms with Gasteiger partial charge in [-0.25, -0.2) is 9.18 Å². The number of amides is 3. The minimum atomic E-state index is -0.632. The Bertz CT molecular complexity index is 856. The lowest BCUT2D eigenvalue weighted by atomic mass is 10.0. The number of benzene rings is 2. The first-order valence-corrected chi connectivity index (χ1v) is 9.48. The standard InChI is InChI=1S/C21H25FN4O2/c1-23-20(27)17-14-16(9-10-18(17)22)25-21(28)24-11-5-13-26-12-4-7-15-6-2-3-8-19(15)26/h2-3,6,8-10,14H,4-5,7,11-13H2,1H3,(H,23,27)(H2,24,25,28). The summed E-state index contributed by atoms with van der Waals surface area (Å²) in [5.74, 6) is -1.17. The van der Waals surface area contributed by atoms with E-state index < -0.39 is 11.7 Å². The van der Waals surface area contributed by atoms with E-state index in [1.807, 2.05) is 0 Å². The fourth-order valence-corrected chi connectivity index (χ4v) is 3.40. The van der Waals surface area contributed by atoms with Crippen LogP contribution in [0.2, 0.25) is 0 Å². The van der Waals surface area contributed by atoms with E-state index in [0.717, 1.165) is 38.4 Å². The molecule has 3 rings (SSSR count). The first-order valence-electron chi connectivity index (χ1n) is 9.48. The second kappa shape index (κ2) is 9.21. The Morgan fingerprint density at radius 1 is 1.18 bits per heavy atom. The number of rotatable bonds is 6. The van der Waals surface area contributed by atoms with Crippen molar-refractivity contribution in [3.8, 4) is 0 Å². The van der Waals surface area contributed by atoms with Crippen LogP contribution in [0.1, 0.15) is 28.8 Å². The Balaban J connectivity index is 1.46. The molecule has 0 saturated heterocycles. The van der Waals surface area contributed by atoms with E-state index in [-0.39, 0.29) is 11.6 Å². The number of carbonyl (C=O) groups excluding carboxylic acids is 2. The van der Waals surface area contributed by atoms with Crippen molar-refractivity contribution < 1.29 is 14.0 Å². The Kier molecular flexibility index (Phi) is 6.47. The van der Waals surface area contributed by atoms with Crippen LogP contribution in [-0.4, -0.2) is 38.6 Å². The molecule has 2 aromatic rings. The highest BCUT2D eigenvalue weighted by Gasteiger charge is 2.16. The predicted octanol–water partition coefficient (Wildman–Crippen LogP) is 3.15. The fraction of sp³-hybridized carbons (Fsp3) is 0.333. The number of anilines is 2. The summed E-state index contributed by atoms with van der Waals surface area (Å²) in [6.07, 6.45) is 3.07. The van der Waals surface area contributed by atoms with E-state index in [1.165, 1.54) is 30.4 Å². The van der Waals surface area contributed by atoms with Gasteiger partial charge in [0.05, 0.1) is 5.56 Å². The molecule has 28 heavy (non-hydrogen) atoms. The first kappa shape index (κ1) is 19.7. The molecular formula is C21H25FN4O2. The minimum absolute atomic E-state index is 0.107. The highest BCUT2D eigenvalue weighted by atomic mass is 19.1. The SMILES string of the molecule is CNC(=O)c1cc(NC(=O)NCCCN2CCCc3ccccc32)ccc1F. The highest BCUT2D eigenvalue weighted by Crippen LogP contribution is 2.26. The zero-order valence-corrected chi connectivity index (χ0v) is 15.9. The van der Waals surface area contributed by atoms with Crippen molar-refractivity contribution in [2.75, 3.05) is 36.9 Å². The largest absolute Gasteiger partial charge is 0.371 e. The van der Waals surface area contributed by atoms with Gasteiger partial charge in [-0.15, -0.1) is 0 Å². The van der Waals surface area contributed by atoms with Gasteiger partial charge in [0.15, 0.2) is 0 Å². The van der Waals surface area contributed by atoms with Gasteiger partial charge in [-0.1, -0.05) is 18.2 Å². The monoisotopic (exact) mass is 384 g/mol. The topological polar surface area (TPSA) is 73.5 Å². The molecule has 0 saturated carbocycles. The maximum Gasteiger partial charge on any atom is 0.319 e. The third-order valence-corrected chi connectivity index (χ3v) is 4.79. The number of fused-ring (bicyclic) bond motifs is 1. The summed E-state index contributed by atoms with van der Waals surface area (Å²) in [6.45, 7) is 2.42. The number of halogens is 1. The number of hydrogen-bond acceptors (Lipinski definition) is 3. The Labute approximate surface area is 164 Å². The predicted molar refractivity (Wildman–Crippen MR) is 108 cm³/mol. The van der Waals surface area contributed by atoms with Crippen molar-refractivity contribution >= 4 is 23.3 Å². The summed E-state index contributed by atoms with van der Waals surface area (Å²) in [5, 5.41) is 7.80. The van der Waals surface area contributed by atoms with Gasteiger partial charge in [0, 0.05) is 38.1 Å². The molecule has 0 radical (unpaired) electrons. The molecule has 3 amide bonds. The van der Waals surface area contributed by atoms with Crippen molar-refractivity contribution in [2.24, 2.45) is 0 Å². The number of carbonyl (C=O) groups is 2. The second-order valence-electron chi connectivity index (χ2n) is 6.73. The molecule has 0 fully saturated rings. The summed E-state index contributed by atoms with van der Waals surface area (Å²) < 4.78 is 13.7. The molecule has 7 heteroatoms. The molecule has 0 atom stereocenters. The fourth-order valence-electron chi connectivity index (χ4n) is 3.40. The second-order valence-corrected chi connectivity index (χ2v) is 6.73. The molecule has 2 aromatic carbocycles. The third-order valence-electron chi connectivity index (χ3n) is 4.79. The molecule has 0 unspecified atom stereocenters. The lowest BCUT2D eigenvalue weighted by Crippen LogP contribution is -2.34. The van der Waals surface area contributed by atoms with Gasteiger partial charge in [0.1, 0.15) is 5.82 Å². The van der Waals surface area contributed by atoms with E-state index in [0.29, 0.717) is 12.2 Å². The van der Waals surface area contributed by atoms with Gasteiger partial charge >= 0.3 is 6.03 Å². The van der Waals surface area contributed by atoms with Crippen molar-refractivity contribution in [3.63, 3.8) is 0 Å². The number of nitrogens with zero attached hydrogens (tertiary/aromatic N) is 1. The Morgan fingerprint density at radius 3 is 2.82 bits per heavy atom. The lowest BCUT2D eigenvalue weighted by Gasteiger charge is -2.31. The van der Waals surface area contributed by atoms with Crippen LogP contribution < -0.4 is 20.9 Å². The molecule has 0 bridgehead atoms. The van der Waals surface area contributed by atoms with Crippen LogP contribution in [0.3, 0.4) is 0 Å². The quantitative estimate of drug-likeness (QED) is 0.670. The zero-order valence-electron chi connectivity index (χ0n) is 15.9. The minimum Gasteiger partial charge on any atom is -0.371 e. The highest BCUT2D eigenvalue weighted by molar-refractivity contribution is 5.97. The van der Waals surface area contributed by atoms with Crippen LogP contribution in [0.15, 0.2) is 42.5 Å². The van der Waals surface area contributed by atoms with E-state index in [9.17, 15) is 14.0 Å². The zero-order chi connectivity index (χ0) is 19.9. The molecular weight excluding hydrogens is 359 g/mol. The molecule has 1 aliphatic rings. The molecule has 3 N–H and O–H groups in total. The number of urea groups is 1. The van der Waals surface area contributed by atoms with Gasteiger partial charge in [-0.05, 0) is 49.1 Å². The summed E-state index contributed by atoms with van der Waals surface area (Å²) >= 11 is 0.